The number of hydrogen-bond donors (Lipinski definition) is 1. The minimum absolute atomic E-state index is 0.226. The maximum atomic E-state index is 12.3. The lowest BCUT2D eigenvalue weighted by Crippen LogP contribution is -2.22. The minimum atomic E-state index is -0.453. The van der Waals surface area contributed by atoms with E-state index in [1.165, 1.54) is 6.33 Å². The van der Waals surface area contributed by atoms with Gasteiger partial charge in [0.1, 0.15) is 19.2 Å². The van der Waals surface area contributed by atoms with E-state index in [4.69, 9.17) is 9.68 Å². The number of nitrogens with zero attached hydrogens (tertiary/aromatic N) is 6. The number of benzene rings is 1. The summed E-state index contributed by atoms with van der Waals surface area (Å²) in [6, 6.07) is 8.74. The first-order valence-corrected chi connectivity index (χ1v) is 8.14. The number of anilines is 1. The van der Waals surface area contributed by atoms with Gasteiger partial charge in [0.05, 0.1) is 16.9 Å². The van der Waals surface area contributed by atoms with E-state index in [-0.39, 0.29) is 5.91 Å². The highest BCUT2D eigenvalue weighted by Gasteiger charge is 2.18. The standard InChI is InChI=1S/C15H13N7O2S/c1-10(14(23)19-12-4-2-3-11(5-12)6-16)25-15-21-20-13(24-15)7-22-9-17-8-18-22/h2-5,8-10H,7H2,1H3,(H,19,23). The van der Waals surface area contributed by atoms with Gasteiger partial charge in [-0.3, -0.25) is 4.79 Å². The molecule has 1 atom stereocenters. The number of hydrogen-bond acceptors (Lipinski definition) is 8. The molecule has 1 amide bonds. The van der Waals surface area contributed by atoms with Gasteiger partial charge < -0.3 is 9.73 Å². The van der Waals surface area contributed by atoms with Crippen molar-refractivity contribution in [3.63, 3.8) is 0 Å². The van der Waals surface area contributed by atoms with Gasteiger partial charge >= 0.3 is 0 Å². The molecule has 0 aliphatic rings. The molecule has 0 bridgehead atoms. The molecule has 2 heterocycles. The number of aromatic nitrogens is 5. The van der Waals surface area contributed by atoms with Crippen LogP contribution in [0.5, 0.6) is 0 Å². The Hall–Kier alpha value is -3.19. The molecule has 1 unspecified atom stereocenters. The van der Waals surface area contributed by atoms with E-state index in [9.17, 15) is 4.79 Å². The molecule has 1 N–H and O–H groups in total. The Morgan fingerprint density at radius 3 is 3.12 bits per heavy atom. The molecule has 0 fully saturated rings. The fraction of sp³-hybridized carbons (Fsp3) is 0.200. The fourth-order valence-corrected chi connectivity index (χ4v) is 2.62. The molecular formula is C15H13N7O2S. The van der Waals surface area contributed by atoms with Gasteiger partial charge in [0.25, 0.3) is 5.22 Å². The second-order valence-corrected chi connectivity index (χ2v) is 6.29. The molecule has 0 saturated carbocycles. The molecule has 0 radical (unpaired) electrons. The van der Waals surface area contributed by atoms with E-state index in [0.29, 0.717) is 28.9 Å². The monoisotopic (exact) mass is 355 g/mol. The van der Waals surface area contributed by atoms with Crippen LogP contribution in [0.2, 0.25) is 0 Å². The van der Waals surface area contributed by atoms with Crippen molar-refractivity contribution in [1.29, 1.82) is 5.26 Å². The van der Waals surface area contributed by atoms with E-state index in [2.05, 4.69) is 25.6 Å². The highest BCUT2D eigenvalue weighted by Crippen LogP contribution is 2.23. The third-order valence-electron chi connectivity index (χ3n) is 3.12. The number of amides is 1. The highest BCUT2D eigenvalue weighted by atomic mass is 32.2. The molecule has 0 saturated heterocycles. The molecule has 3 rings (SSSR count). The molecule has 0 aliphatic carbocycles. The van der Waals surface area contributed by atoms with E-state index < -0.39 is 5.25 Å². The average Bonchev–Trinajstić information content (AvgIpc) is 3.27. The lowest BCUT2D eigenvalue weighted by molar-refractivity contribution is -0.115. The van der Waals surface area contributed by atoms with Gasteiger partial charge in [0, 0.05) is 5.69 Å². The van der Waals surface area contributed by atoms with Crippen LogP contribution in [-0.4, -0.2) is 36.1 Å². The van der Waals surface area contributed by atoms with Gasteiger partial charge in [-0.25, -0.2) is 9.67 Å². The predicted molar refractivity (Wildman–Crippen MR) is 88.5 cm³/mol. The highest BCUT2D eigenvalue weighted by molar-refractivity contribution is 8.00. The fourth-order valence-electron chi connectivity index (χ4n) is 1.92. The van der Waals surface area contributed by atoms with Crippen molar-refractivity contribution >= 4 is 23.4 Å². The summed E-state index contributed by atoms with van der Waals surface area (Å²) in [6.45, 7) is 2.05. The third-order valence-corrected chi connectivity index (χ3v) is 4.05. The van der Waals surface area contributed by atoms with Crippen molar-refractivity contribution in [2.75, 3.05) is 5.32 Å². The van der Waals surface area contributed by atoms with E-state index in [0.717, 1.165) is 11.8 Å². The maximum absolute atomic E-state index is 12.3. The number of nitriles is 1. The summed E-state index contributed by atoms with van der Waals surface area (Å²) < 4.78 is 7.05. The molecule has 2 aromatic heterocycles. The molecule has 0 aliphatic heterocycles. The number of nitrogens with one attached hydrogen (secondary N) is 1. The van der Waals surface area contributed by atoms with Crippen LogP contribution < -0.4 is 5.32 Å². The first kappa shape index (κ1) is 16.7. The summed E-state index contributed by atoms with van der Waals surface area (Å²) in [5.41, 5.74) is 1.04. The SMILES string of the molecule is CC(Sc1nnc(Cn2cncn2)o1)C(=O)Nc1cccc(C#N)c1. The van der Waals surface area contributed by atoms with Crippen LogP contribution in [0, 0.1) is 11.3 Å². The Bertz CT molecular complexity index is 901. The lowest BCUT2D eigenvalue weighted by Gasteiger charge is -2.09. The van der Waals surface area contributed by atoms with Crippen LogP contribution in [0.25, 0.3) is 0 Å². The number of carbonyl (C=O) groups is 1. The van der Waals surface area contributed by atoms with Gasteiger partial charge in [-0.15, -0.1) is 10.2 Å². The summed E-state index contributed by atoms with van der Waals surface area (Å²) in [5.74, 6) is 0.151. The minimum Gasteiger partial charge on any atom is -0.414 e. The molecule has 3 aromatic rings. The van der Waals surface area contributed by atoms with Gasteiger partial charge in [-0.2, -0.15) is 10.4 Å². The van der Waals surface area contributed by atoms with E-state index in [1.54, 1.807) is 42.2 Å². The van der Waals surface area contributed by atoms with Crippen molar-refractivity contribution in [2.24, 2.45) is 0 Å². The van der Waals surface area contributed by atoms with Gasteiger partial charge in [0.15, 0.2) is 0 Å². The largest absolute Gasteiger partial charge is 0.414 e. The molecule has 25 heavy (non-hydrogen) atoms. The molecule has 9 nitrogen and oxygen atoms in total. The van der Waals surface area contributed by atoms with Crippen LogP contribution in [0.15, 0.2) is 46.6 Å². The Kier molecular flexibility index (Phi) is 5.06. The summed E-state index contributed by atoms with van der Waals surface area (Å²) in [4.78, 5) is 16.1. The molecule has 10 heteroatoms. The number of rotatable bonds is 6. The normalized spacial score (nSPS) is 11.7. The number of thioether (sulfide) groups is 1. The summed E-state index contributed by atoms with van der Waals surface area (Å²) in [7, 11) is 0. The van der Waals surface area contributed by atoms with E-state index >= 15 is 0 Å². The summed E-state index contributed by atoms with van der Waals surface area (Å²) in [6.07, 6.45) is 2.96. The third kappa shape index (κ3) is 4.42. The smallest absolute Gasteiger partial charge is 0.277 e. The first-order valence-electron chi connectivity index (χ1n) is 7.26. The zero-order valence-electron chi connectivity index (χ0n) is 13.2. The van der Waals surface area contributed by atoms with Crippen molar-refractivity contribution in [2.45, 2.75) is 23.9 Å². The van der Waals surface area contributed by atoms with Crippen LogP contribution in [0.4, 0.5) is 5.69 Å². The average molecular weight is 355 g/mol. The zero-order chi connectivity index (χ0) is 17.6. The Balaban J connectivity index is 1.58. The Morgan fingerprint density at radius 2 is 2.36 bits per heavy atom. The van der Waals surface area contributed by atoms with Crippen molar-refractivity contribution in [3.8, 4) is 6.07 Å². The van der Waals surface area contributed by atoms with Gasteiger partial charge in [-0.1, -0.05) is 17.8 Å². The Morgan fingerprint density at radius 1 is 1.48 bits per heavy atom. The second kappa shape index (κ2) is 7.59. The molecule has 0 spiro atoms. The predicted octanol–water partition coefficient (Wildman–Crippen LogP) is 1.70. The topological polar surface area (TPSA) is 123 Å². The second-order valence-electron chi connectivity index (χ2n) is 5.00. The van der Waals surface area contributed by atoms with E-state index in [1.807, 2.05) is 6.07 Å². The van der Waals surface area contributed by atoms with Crippen LogP contribution in [0.1, 0.15) is 18.4 Å². The van der Waals surface area contributed by atoms with Crippen molar-refractivity contribution < 1.29 is 9.21 Å². The zero-order valence-corrected chi connectivity index (χ0v) is 14.0. The van der Waals surface area contributed by atoms with Gasteiger partial charge in [0.2, 0.25) is 11.8 Å². The van der Waals surface area contributed by atoms with Crippen LogP contribution in [0.3, 0.4) is 0 Å². The summed E-state index contributed by atoms with van der Waals surface area (Å²) in [5, 5.41) is 23.3. The molecule has 1 aromatic carbocycles. The van der Waals surface area contributed by atoms with Crippen molar-refractivity contribution in [1.82, 2.24) is 25.0 Å². The number of carbonyl (C=O) groups excluding carboxylic acids is 1. The van der Waals surface area contributed by atoms with Crippen molar-refractivity contribution in [3.05, 3.63) is 48.4 Å². The lowest BCUT2D eigenvalue weighted by atomic mass is 10.2. The molecular weight excluding hydrogens is 342 g/mol. The van der Waals surface area contributed by atoms with Crippen LogP contribution >= 0.6 is 11.8 Å². The Labute approximate surface area is 147 Å². The quantitative estimate of drug-likeness (QED) is 0.663. The first-order chi connectivity index (χ1) is 12.1. The molecule has 126 valence electrons. The summed E-state index contributed by atoms with van der Waals surface area (Å²) >= 11 is 1.15. The van der Waals surface area contributed by atoms with Gasteiger partial charge in [-0.05, 0) is 25.1 Å². The van der Waals surface area contributed by atoms with Crippen LogP contribution in [-0.2, 0) is 11.3 Å². The maximum Gasteiger partial charge on any atom is 0.277 e.